The Morgan fingerprint density at radius 3 is 2.89 bits per heavy atom. The minimum Gasteiger partial charge on any atom is -0.481 e. The topological polar surface area (TPSA) is 50.2 Å². The molecule has 1 N–H and O–H groups in total. The molecule has 94 valence electrons. The highest BCUT2D eigenvalue weighted by Gasteiger charge is 2.12. The second-order valence-corrected chi connectivity index (χ2v) is 5.20. The van der Waals surface area contributed by atoms with Gasteiger partial charge in [-0.05, 0) is 25.0 Å². The highest BCUT2D eigenvalue weighted by atomic mass is 32.1. The van der Waals surface area contributed by atoms with Gasteiger partial charge in [0, 0.05) is 6.42 Å². The lowest BCUT2D eigenvalue weighted by Gasteiger charge is -2.06. The number of carboxylic acids is 1. The van der Waals surface area contributed by atoms with E-state index in [2.05, 4.69) is 37.0 Å². The third kappa shape index (κ3) is 2.76. The van der Waals surface area contributed by atoms with Gasteiger partial charge in [0.25, 0.3) is 0 Å². The first kappa shape index (κ1) is 12.8. The minimum atomic E-state index is -0.782. The normalized spacial score (nSPS) is 10.6. The molecule has 0 aliphatic carbocycles. The van der Waals surface area contributed by atoms with Crippen LogP contribution in [0.25, 0.3) is 10.4 Å². The van der Waals surface area contributed by atoms with E-state index in [9.17, 15) is 4.79 Å². The zero-order valence-electron chi connectivity index (χ0n) is 10.4. The number of carbonyl (C=O) groups is 1. The van der Waals surface area contributed by atoms with Crippen LogP contribution < -0.4 is 0 Å². The van der Waals surface area contributed by atoms with E-state index in [0.717, 1.165) is 16.1 Å². The molecule has 4 heteroatoms. The van der Waals surface area contributed by atoms with Gasteiger partial charge in [0.1, 0.15) is 0 Å². The van der Waals surface area contributed by atoms with E-state index in [4.69, 9.17) is 5.11 Å². The van der Waals surface area contributed by atoms with Gasteiger partial charge in [0.15, 0.2) is 0 Å². The number of hydrogen-bond donors (Lipinski definition) is 1. The molecule has 0 unspecified atom stereocenters. The summed E-state index contributed by atoms with van der Waals surface area (Å²) in [6.45, 7) is 4.12. The largest absolute Gasteiger partial charge is 0.481 e. The molecule has 0 aliphatic heterocycles. The van der Waals surface area contributed by atoms with Gasteiger partial charge in [-0.1, -0.05) is 23.8 Å². The molecule has 0 amide bonds. The lowest BCUT2D eigenvalue weighted by atomic mass is 10.0. The highest BCUT2D eigenvalue weighted by Crippen LogP contribution is 2.31. The number of nitrogens with zero attached hydrogens (tertiary/aromatic N) is 1. The predicted octanol–water partition coefficient (Wildman–Crippen LogP) is 3.44. The zero-order valence-corrected chi connectivity index (χ0v) is 11.3. The fraction of sp³-hybridized carbons (Fsp3) is 0.286. The van der Waals surface area contributed by atoms with Crippen molar-refractivity contribution >= 4 is 17.3 Å². The average molecular weight is 261 g/mol. The summed E-state index contributed by atoms with van der Waals surface area (Å²) in [7, 11) is 0. The number of thiazole rings is 1. The Morgan fingerprint density at radius 1 is 1.39 bits per heavy atom. The van der Waals surface area contributed by atoms with Crippen molar-refractivity contribution in [1.29, 1.82) is 0 Å². The van der Waals surface area contributed by atoms with E-state index in [1.165, 1.54) is 11.1 Å². The molecule has 1 heterocycles. The van der Waals surface area contributed by atoms with Crippen LogP contribution in [0.4, 0.5) is 0 Å². The van der Waals surface area contributed by atoms with Crippen molar-refractivity contribution < 1.29 is 9.90 Å². The monoisotopic (exact) mass is 261 g/mol. The smallest absolute Gasteiger partial charge is 0.303 e. The van der Waals surface area contributed by atoms with Crippen LogP contribution in [-0.4, -0.2) is 16.1 Å². The SMILES string of the molecule is Cc1ccc(C)c(-c2scnc2CCC(=O)O)c1. The van der Waals surface area contributed by atoms with Gasteiger partial charge in [-0.25, -0.2) is 4.98 Å². The molecule has 0 saturated carbocycles. The molecule has 0 aliphatic rings. The Balaban J connectivity index is 2.36. The molecular weight excluding hydrogens is 246 g/mol. The third-order valence-corrected chi connectivity index (χ3v) is 3.76. The number of aryl methyl sites for hydroxylation is 3. The zero-order chi connectivity index (χ0) is 13.1. The Morgan fingerprint density at radius 2 is 2.17 bits per heavy atom. The van der Waals surface area contributed by atoms with Crippen LogP contribution >= 0.6 is 11.3 Å². The molecule has 0 bridgehead atoms. The Kier molecular flexibility index (Phi) is 3.77. The van der Waals surface area contributed by atoms with E-state index in [0.29, 0.717) is 6.42 Å². The van der Waals surface area contributed by atoms with Crippen molar-refractivity contribution in [1.82, 2.24) is 4.98 Å². The molecule has 3 nitrogen and oxygen atoms in total. The van der Waals surface area contributed by atoms with Crippen LogP contribution in [0.3, 0.4) is 0 Å². The summed E-state index contributed by atoms with van der Waals surface area (Å²) >= 11 is 1.57. The minimum absolute atomic E-state index is 0.127. The Bertz CT molecular complexity index is 575. The second kappa shape index (κ2) is 5.31. The molecular formula is C14H15NO2S. The van der Waals surface area contributed by atoms with Crippen LogP contribution in [0.2, 0.25) is 0 Å². The third-order valence-electron chi connectivity index (χ3n) is 2.85. The molecule has 2 rings (SSSR count). The number of aliphatic carboxylic acids is 1. The molecule has 0 saturated heterocycles. The van der Waals surface area contributed by atoms with E-state index in [1.807, 2.05) is 0 Å². The van der Waals surface area contributed by atoms with Gasteiger partial charge in [0.05, 0.1) is 22.5 Å². The maximum atomic E-state index is 10.6. The molecule has 0 fully saturated rings. The standard InChI is InChI=1S/C14H15NO2S/c1-9-3-4-10(2)11(7-9)14-12(15-8-18-14)5-6-13(16)17/h3-4,7-8H,5-6H2,1-2H3,(H,16,17). The fourth-order valence-electron chi connectivity index (χ4n) is 1.87. The number of benzene rings is 1. The van der Waals surface area contributed by atoms with E-state index < -0.39 is 5.97 Å². The first-order valence-corrected chi connectivity index (χ1v) is 6.67. The number of hydrogen-bond acceptors (Lipinski definition) is 3. The summed E-state index contributed by atoms with van der Waals surface area (Å²) in [5, 5.41) is 8.75. The Labute approximate surface area is 110 Å². The van der Waals surface area contributed by atoms with Gasteiger partial charge in [-0.15, -0.1) is 11.3 Å². The maximum absolute atomic E-state index is 10.6. The van der Waals surface area contributed by atoms with Crippen molar-refractivity contribution in [2.24, 2.45) is 0 Å². The summed E-state index contributed by atoms with van der Waals surface area (Å²) in [6, 6.07) is 6.30. The quantitative estimate of drug-likeness (QED) is 0.917. The average Bonchev–Trinajstić information content (AvgIpc) is 2.77. The lowest BCUT2D eigenvalue weighted by molar-refractivity contribution is -0.136. The summed E-state index contributed by atoms with van der Waals surface area (Å²) < 4.78 is 0. The van der Waals surface area contributed by atoms with Crippen molar-refractivity contribution in [3.63, 3.8) is 0 Å². The molecule has 18 heavy (non-hydrogen) atoms. The lowest BCUT2D eigenvalue weighted by Crippen LogP contribution is -1.99. The van der Waals surface area contributed by atoms with Crippen LogP contribution in [0, 0.1) is 13.8 Å². The van der Waals surface area contributed by atoms with Crippen molar-refractivity contribution in [2.45, 2.75) is 26.7 Å². The van der Waals surface area contributed by atoms with Gasteiger partial charge in [-0.2, -0.15) is 0 Å². The summed E-state index contributed by atoms with van der Waals surface area (Å²) in [6.07, 6.45) is 0.614. The van der Waals surface area contributed by atoms with Gasteiger partial charge < -0.3 is 5.11 Å². The molecule has 0 spiro atoms. The van der Waals surface area contributed by atoms with E-state index >= 15 is 0 Å². The second-order valence-electron chi connectivity index (χ2n) is 4.34. The van der Waals surface area contributed by atoms with Crippen molar-refractivity contribution in [3.8, 4) is 10.4 Å². The van der Waals surface area contributed by atoms with Crippen molar-refractivity contribution in [2.75, 3.05) is 0 Å². The highest BCUT2D eigenvalue weighted by molar-refractivity contribution is 7.13. The van der Waals surface area contributed by atoms with E-state index in [1.54, 1.807) is 16.8 Å². The van der Waals surface area contributed by atoms with Crippen LogP contribution in [0.1, 0.15) is 23.2 Å². The summed E-state index contributed by atoms with van der Waals surface area (Å²) in [5.74, 6) is -0.782. The van der Waals surface area contributed by atoms with Gasteiger partial charge >= 0.3 is 5.97 Å². The number of carboxylic acid groups (broad SMARTS) is 1. The maximum Gasteiger partial charge on any atom is 0.303 e. The number of rotatable bonds is 4. The first-order chi connectivity index (χ1) is 8.58. The van der Waals surface area contributed by atoms with Gasteiger partial charge in [-0.3, -0.25) is 4.79 Å². The van der Waals surface area contributed by atoms with Gasteiger partial charge in [0.2, 0.25) is 0 Å². The molecule has 1 aromatic carbocycles. The molecule has 0 atom stereocenters. The predicted molar refractivity (Wildman–Crippen MR) is 73.0 cm³/mol. The fourth-order valence-corrected chi connectivity index (χ4v) is 2.80. The number of aromatic nitrogens is 1. The van der Waals surface area contributed by atoms with Crippen LogP contribution in [0.15, 0.2) is 23.7 Å². The van der Waals surface area contributed by atoms with Crippen molar-refractivity contribution in [3.05, 3.63) is 40.5 Å². The van der Waals surface area contributed by atoms with E-state index in [-0.39, 0.29) is 6.42 Å². The van der Waals surface area contributed by atoms with Crippen LogP contribution in [0.5, 0.6) is 0 Å². The molecule has 1 aromatic heterocycles. The van der Waals surface area contributed by atoms with Crippen LogP contribution in [-0.2, 0) is 11.2 Å². The first-order valence-electron chi connectivity index (χ1n) is 5.79. The summed E-state index contributed by atoms with van der Waals surface area (Å²) in [5.41, 5.74) is 6.23. The Hall–Kier alpha value is -1.68. The molecule has 2 aromatic rings. The summed E-state index contributed by atoms with van der Waals surface area (Å²) in [4.78, 5) is 16.0. The molecule has 0 radical (unpaired) electrons.